The van der Waals surface area contributed by atoms with E-state index in [4.69, 9.17) is 0 Å². The van der Waals surface area contributed by atoms with E-state index in [1.165, 1.54) is 0 Å². The van der Waals surface area contributed by atoms with Crippen LogP contribution in [0.5, 0.6) is 0 Å². The van der Waals surface area contributed by atoms with Gasteiger partial charge in [-0.15, -0.1) is 0 Å². The van der Waals surface area contributed by atoms with Crippen LogP contribution in [-0.4, -0.2) is 38.3 Å². The number of aromatic nitrogens is 5. The molecule has 118 valence electrons. The lowest BCUT2D eigenvalue weighted by Gasteiger charge is -2.19. The zero-order valence-corrected chi connectivity index (χ0v) is 13.4. The summed E-state index contributed by atoms with van der Waals surface area (Å²) in [5.74, 6) is 1.64. The quantitative estimate of drug-likeness (QED) is 0.700. The van der Waals surface area contributed by atoms with Crippen molar-refractivity contribution in [2.24, 2.45) is 0 Å². The fourth-order valence-corrected chi connectivity index (χ4v) is 2.39. The van der Waals surface area contributed by atoms with Crippen molar-refractivity contribution in [1.82, 2.24) is 24.7 Å². The van der Waals surface area contributed by atoms with Gasteiger partial charge in [-0.05, 0) is 31.5 Å². The van der Waals surface area contributed by atoms with E-state index in [1.54, 1.807) is 18.6 Å². The zero-order chi connectivity index (χ0) is 16.1. The van der Waals surface area contributed by atoms with Crippen molar-refractivity contribution in [3.8, 4) is 11.4 Å². The van der Waals surface area contributed by atoms with Gasteiger partial charge < -0.3 is 4.90 Å². The van der Waals surface area contributed by atoms with E-state index < -0.39 is 0 Å². The Morgan fingerprint density at radius 3 is 2.83 bits per heavy atom. The highest BCUT2D eigenvalue weighted by molar-refractivity contribution is 5.56. The third-order valence-electron chi connectivity index (χ3n) is 3.59. The number of pyridine rings is 1. The molecule has 6 nitrogen and oxygen atoms in total. The molecular formula is C17H20N6. The van der Waals surface area contributed by atoms with E-state index in [9.17, 15) is 0 Å². The summed E-state index contributed by atoms with van der Waals surface area (Å²) < 4.78 is 1.94. The van der Waals surface area contributed by atoms with Gasteiger partial charge in [0.2, 0.25) is 0 Å². The van der Waals surface area contributed by atoms with E-state index in [0.717, 1.165) is 36.6 Å². The molecule has 0 atom stereocenters. The average molecular weight is 308 g/mol. The standard InChI is InChI=1S/C17H20N6/c1-14-12-16(21-17(20-14)15-6-3-7-18-13-15)22(2)9-5-11-23-10-4-8-19-23/h3-4,6-8,10,12-13H,5,9,11H2,1-2H3. The number of rotatable bonds is 6. The SMILES string of the molecule is Cc1cc(N(C)CCCn2cccn2)nc(-c2cccnc2)n1. The molecule has 0 N–H and O–H groups in total. The van der Waals surface area contributed by atoms with Crippen LogP contribution in [-0.2, 0) is 6.54 Å². The Balaban J connectivity index is 1.70. The number of aryl methyl sites for hydroxylation is 2. The maximum absolute atomic E-state index is 4.67. The van der Waals surface area contributed by atoms with Crippen LogP contribution in [0.1, 0.15) is 12.1 Å². The molecule has 0 amide bonds. The van der Waals surface area contributed by atoms with Gasteiger partial charge in [-0.1, -0.05) is 0 Å². The minimum absolute atomic E-state index is 0.715. The van der Waals surface area contributed by atoms with Crippen molar-refractivity contribution in [3.05, 3.63) is 54.7 Å². The number of hydrogen-bond donors (Lipinski definition) is 0. The molecule has 0 saturated heterocycles. The Labute approximate surface area is 135 Å². The van der Waals surface area contributed by atoms with Crippen LogP contribution >= 0.6 is 0 Å². The van der Waals surface area contributed by atoms with Crippen LogP contribution in [0, 0.1) is 6.92 Å². The molecule has 0 spiro atoms. The smallest absolute Gasteiger partial charge is 0.163 e. The summed E-state index contributed by atoms with van der Waals surface area (Å²) in [6, 6.07) is 7.82. The third-order valence-corrected chi connectivity index (χ3v) is 3.59. The van der Waals surface area contributed by atoms with E-state index in [-0.39, 0.29) is 0 Å². The van der Waals surface area contributed by atoms with E-state index in [1.807, 2.05) is 42.1 Å². The molecule has 6 heteroatoms. The molecule has 0 saturated carbocycles. The molecule has 3 heterocycles. The number of nitrogens with zero attached hydrogens (tertiary/aromatic N) is 6. The predicted molar refractivity (Wildman–Crippen MR) is 90.1 cm³/mol. The molecule has 0 aromatic carbocycles. The van der Waals surface area contributed by atoms with Crippen molar-refractivity contribution in [2.75, 3.05) is 18.5 Å². The van der Waals surface area contributed by atoms with Crippen LogP contribution in [0.4, 0.5) is 5.82 Å². The summed E-state index contributed by atoms with van der Waals surface area (Å²) in [5, 5.41) is 4.22. The van der Waals surface area contributed by atoms with Gasteiger partial charge in [0, 0.05) is 62.2 Å². The first-order chi connectivity index (χ1) is 11.2. The van der Waals surface area contributed by atoms with Crippen LogP contribution in [0.25, 0.3) is 11.4 Å². The molecule has 3 aromatic heterocycles. The fraction of sp³-hybridized carbons (Fsp3) is 0.294. The molecule has 0 radical (unpaired) electrons. The molecule has 0 aliphatic heterocycles. The highest BCUT2D eigenvalue weighted by Crippen LogP contribution is 2.18. The highest BCUT2D eigenvalue weighted by atomic mass is 15.3. The van der Waals surface area contributed by atoms with Gasteiger partial charge in [0.15, 0.2) is 5.82 Å². The Hall–Kier alpha value is -2.76. The minimum atomic E-state index is 0.715. The minimum Gasteiger partial charge on any atom is -0.359 e. The average Bonchev–Trinajstić information content (AvgIpc) is 3.08. The second-order valence-corrected chi connectivity index (χ2v) is 5.48. The van der Waals surface area contributed by atoms with E-state index in [2.05, 4.69) is 32.0 Å². The van der Waals surface area contributed by atoms with Crippen molar-refractivity contribution >= 4 is 5.82 Å². The molecule has 3 aromatic rings. The third kappa shape index (κ3) is 3.91. The first-order valence-corrected chi connectivity index (χ1v) is 7.67. The van der Waals surface area contributed by atoms with Gasteiger partial charge in [-0.25, -0.2) is 9.97 Å². The Bertz CT molecular complexity index is 739. The van der Waals surface area contributed by atoms with Crippen molar-refractivity contribution < 1.29 is 0 Å². The van der Waals surface area contributed by atoms with Crippen LogP contribution in [0.3, 0.4) is 0 Å². The van der Waals surface area contributed by atoms with Gasteiger partial charge in [-0.2, -0.15) is 5.10 Å². The second-order valence-electron chi connectivity index (χ2n) is 5.48. The first kappa shape index (κ1) is 15.1. The lowest BCUT2D eigenvalue weighted by atomic mass is 10.2. The van der Waals surface area contributed by atoms with Gasteiger partial charge in [-0.3, -0.25) is 9.67 Å². The molecule has 0 aliphatic carbocycles. The normalized spacial score (nSPS) is 10.7. The van der Waals surface area contributed by atoms with Crippen LogP contribution < -0.4 is 4.90 Å². The van der Waals surface area contributed by atoms with Crippen molar-refractivity contribution in [2.45, 2.75) is 19.9 Å². The summed E-state index contributed by atoms with van der Waals surface area (Å²) in [6.45, 7) is 3.79. The van der Waals surface area contributed by atoms with Gasteiger partial charge in [0.1, 0.15) is 5.82 Å². The maximum atomic E-state index is 4.67. The molecular weight excluding hydrogens is 288 g/mol. The monoisotopic (exact) mass is 308 g/mol. The van der Waals surface area contributed by atoms with E-state index in [0.29, 0.717) is 5.82 Å². The Morgan fingerprint density at radius 2 is 2.09 bits per heavy atom. The Kier molecular flexibility index (Phi) is 4.61. The largest absolute Gasteiger partial charge is 0.359 e. The summed E-state index contributed by atoms with van der Waals surface area (Å²) in [7, 11) is 2.05. The Morgan fingerprint density at radius 1 is 1.17 bits per heavy atom. The van der Waals surface area contributed by atoms with Crippen molar-refractivity contribution in [1.29, 1.82) is 0 Å². The first-order valence-electron chi connectivity index (χ1n) is 7.67. The van der Waals surface area contributed by atoms with Gasteiger partial charge in [0.25, 0.3) is 0 Å². The number of hydrogen-bond acceptors (Lipinski definition) is 5. The zero-order valence-electron chi connectivity index (χ0n) is 13.4. The topological polar surface area (TPSA) is 59.7 Å². The lowest BCUT2D eigenvalue weighted by Crippen LogP contribution is -2.21. The number of anilines is 1. The summed E-state index contributed by atoms with van der Waals surface area (Å²) >= 11 is 0. The molecule has 0 unspecified atom stereocenters. The summed E-state index contributed by atoms with van der Waals surface area (Å²) in [5.41, 5.74) is 1.88. The summed E-state index contributed by atoms with van der Waals surface area (Å²) in [4.78, 5) is 15.5. The molecule has 0 fully saturated rings. The fourth-order valence-electron chi connectivity index (χ4n) is 2.39. The van der Waals surface area contributed by atoms with Gasteiger partial charge >= 0.3 is 0 Å². The molecule has 0 aliphatic rings. The predicted octanol–water partition coefficient (Wildman–Crippen LogP) is 2.57. The lowest BCUT2D eigenvalue weighted by molar-refractivity contribution is 0.577. The van der Waals surface area contributed by atoms with Crippen molar-refractivity contribution in [3.63, 3.8) is 0 Å². The highest BCUT2D eigenvalue weighted by Gasteiger charge is 2.08. The van der Waals surface area contributed by atoms with Crippen LogP contribution in [0.2, 0.25) is 0 Å². The van der Waals surface area contributed by atoms with Gasteiger partial charge in [0.05, 0.1) is 0 Å². The van der Waals surface area contributed by atoms with Crippen LogP contribution in [0.15, 0.2) is 49.1 Å². The molecule has 3 rings (SSSR count). The molecule has 23 heavy (non-hydrogen) atoms. The van der Waals surface area contributed by atoms with E-state index >= 15 is 0 Å². The summed E-state index contributed by atoms with van der Waals surface area (Å²) in [6.07, 6.45) is 8.33. The maximum Gasteiger partial charge on any atom is 0.163 e. The molecule has 0 bridgehead atoms. The second kappa shape index (κ2) is 7.00.